The summed E-state index contributed by atoms with van der Waals surface area (Å²) in [6.45, 7) is 8.37. The number of aliphatic hydroxyl groups excluding tert-OH is 1. The second-order valence-electron chi connectivity index (χ2n) is 5.18. The van der Waals surface area contributed by atoms with Gasteiger partial charge >= 0.3 is 0 Å². The smallest absolute Gasteiger partial charge is 0.0712 e. The summed E-state index contributed by atoms with van der Waals surface area (Å²) < 4.78 is 0. The average molecular weight is 195 g/mol. The third-order valence-electron chi connectivity index (χ3n) is 3.44. The number of terminal acetylenes is 1. The standard InChI is InChI=1S/C12H21NO/c1-6-9(8(2)3)13-10-7-11(14)12(10,4)5/h1,8-11,13-14H,7H2,2-5H3. The summed E-state index contributed by atoms with van der Waals surface area (Å²) in [4.78, 5) is 0. The summed E-state index contributed by atoms with van der Waals surface area (Å²) in [7, 11) is 0. The highest BCUT2D eigenvalue weighted by atomic mass is 16.3. The van der Waals surface area contributed by atoms with Crippen molar-refractivity contribution in [3.05, 3.63) is 0 Å². The van der Waals surface area contributed by atoms with Gasteiger partial charge in [-0.15, -0.1) is 6.42 Å². The Labute approximate surface area is 87.1 Å². The van der Waals surface area contributed by atoms with Crippen LogP contribution in [0.25, 0.3) is 0 Å². The summed E-state index contributed by atoms with van der Waals surface area (Å²) in [5.74, 6) is 3.20. The van der Waals surface area contributed by atoms with Crippen LogP contribution in [-0.4, -0.2) is 23.3 Å². The molecule has 1 aliphatic carbocycles. The highest BCUT2D eigenvalue weighted by Gasteiger charge is 2.47. The van der Waals surface area contributed by atoms with Gasteiger partial charge in [0.15, 0.2) is 0 Å². The predicted octanol–water partition coefficient (Wildman–Crippen LogP) is 1.39. The maximum Gasteiger partial charge on any atom is 0.0712 e. The van der Waals surface area contributed by atoms with Crippen molar-refractivity contribution >= 4 is 0 Å². The largest absolute Gasteiger partial charge is 0.392 e. The highest BCUT2D eigenvalue weighted by molar-refractivity contribution is 5.08. The zero-order valence-electron chi connectivity index (χ0n) is 9.54. The Hall–Kier alpha value is -0.520. The van der Waals surface area contributed by atoms with Crippen LogP contribution in [0.3, 0.4) is 0 Å². The van der Waals surface area contributed by atoms with Gasteiger partial charge in [-0.05, 0) is 12.3 Å². The van der Waals surface area contributed by atoms with E-state index >= 15 is 0 Å². The molecule has 0 amide bonds. The van der Waals surface area contributed by atoms with Gasteiger partial charge in [-0.1, -0.05) is 33.6 Å². The third-order valence-corrected chi connectivity index (χ3v) is 3.44. The first kappa shape index (κ1) is 11.6. The molecular formula is C12H21NO. The summed E-state index contributed by atoms with van der Waals surface area (Å²) >= 11 is 0. The molecule has 0 spiro atoms. The Kier molecular flexibility index (Phi) is 3.24. The van der Waals surface area contributed by atoms with Crippen molar-refractivity contribution in [3.8, 4) is 12.3 Å². The Bertz CT molecular complexity index is 239. The molecule has 0 aromatic heterocycles. The molecule has 1 aliphatic rings. The molecule has 0 aromatic rings. The SMILES string of the molecule is C#CC(NC1CC(O)C1(C)C)C(C)C. The van der Waals surface area contributed by atoms with Crippen LogP contribution in [0.4, 0.5) is 0 Å². The Morgan fingerprint density at radius 1 is 1.50 bits per heavy atom. The van der Waals surface area contributed by atoms with E-state index in [0.29, 0.717) is 12.0 Å². The molecule has 0 saturated heterocycles. The minimum Gasteiger partial charge on any atom is -0.392 e. The number of rotatable bonds is 3. The van der Waals surface area contributed by atoms with Gasteiger partial charge in [-0.3, -0.25) is 5.32 Å². The first-order valence-corrected chi connectivity index (χ1v) is 5.29. The van der Waals surface area contributed by atoms with Crippen molar-refractivity contribution in [2.24, 2.45) is 11.3 Å². The van der Waals surface area contributed by atoms with Crippen LogP contribution < -0.4 is 5.32 Å². The highest BCUT2D eigenvalue weighted by Crippen LogP contribution is 2.40. The Morgan fingerprint density at radius 3 is 2.36 bits per heavy atom. The monoisotopic (exact) mass is 195 g/mol. The van der Waals surface area contributed by atoms with Gasteiger partial charge in [0.2, 0.25) is 0 Å². The second kappa shape index (κ2) is 3.92. The fourth-order valence-electron chi connectivity index (χ4n) is 1.84. The van der Waals surface area contributed by atoms with E-state index in [1.54, 1.807) is 0 Å². The predicted molar refractivity (Wildman–Crippen MR) is 58.8 cm³/mol. The summed E-state index contributed by atoms with van der Waals surface area (Å²) in [6.07, 6.45) is 6.08. The van der Waals surface area contributed by atoms with E-state index in [0.717, 1.165) is 6.42 Å². The number of aliphatic hydroxyl groups is 1. The molecule has 1 fully saturated rings. The number of nitrogens with one attached hydrogen (secondary N) is 1. The number of hydrogen-bond donors (Lipinski definition) is 2. The molecule has 0 heterocycles. The maximum absolute atomic E-state index is 9.58. The van der Waals surface area contributed by atoms with Crippen LogP contribution in [0.1, 0.15) is 34.1 Å². The van der Waals surface area contributed by atoms with E-state index in [1.165, 1.54) is 0 Å². The van der Waals surface area contributed by atoms with Crippen molar-refractivity contribution in [3.63, 3.8) is 0 Å². The van der Waals surface area contributed by atoms with Gasteiger partial charge in [-0.2, -0.15) is 0 Å². The van der Waals surface area contributed by atoms with Crippen molar-refractivity contribution in [2.75, 3.05) is 0 Å². The van der Waals surface area contributed by atoms with E-state index in [1.807, 2.05) is 0 Å². The zero-order valence-corrected chi connectivity index (χ0v) is 9.54. The summed E-state index contributed by atoms with van der Waals surface area (Å²) in [5.41, 5.74) is -0.0377. The van der Waals surface area contributed by atoms with E-state index in [9.17, 15) is 5.11 Å². The van der Waals surface area contributed by atoms with Crippen molar-refractivity contribution in [2.45, 2.75) is 52.3 Å². The number of hydrogen-bond acceptors (Lipinski definition) is 2. The molecule has 0 bridgehead atoms. The third kappa shape index (κ3) is 1.94. The van der Waals surface area contributed by atoms with Crippen LogP contribution in [-0.2, 0) is 0 Å². The lowest BCUT2D eigenvalue weighted by atomic mass is 9.64. The molecule has 1 saturated carbocycles. The molecule has 2 N–H and O–H groups in total. The van der Waals surface area contributed by atoms with Crippen molar-refractivity contribution in [1.82, 2.24) is 5.32 Å². The summed E-state index contributed by atoms with van der Waals surface area (Å²) in [5, 5.41) is 13.0. The molecule has 0 aliphatic heterocycles. The van der Waals surface area contributed by atoms with Gasteiger partial charge < -0.3 is 5.11 Å². The first-order chi connectivity index (χ1) is 6.39. The van der Waals surface area contributed by atoms with Gasteiger partial charge in [0.05, 0.1) is 12.1 Å². The van der Waals surface area contributed by atoms with Crippen molar-refractivity contribution < 1.29 is 5.11 Å². The van der Waals surface area contributed by atoms with Crippen LogP contribution in [0.5, 0.6) is 0 Å². The minimum absolute atomic E-state index is 0.0377. The van der Waals surface area contributed by atoms with Crippen molar-refractivity contribution in [1.29, 1.82) is 0 Å². The fourth-order valence-corrected chi connectivity index (χ4v) is 1.84. The molecular weight excluding hydrogens is 174 g/mol. The molecule has 1 rings (SSSR count). The lowest BCUT2D eigenvalue weighted by molar-refractivity contribution is -0.0753. The van der Waals surface area contributed by atoms with Crippen LogP contribution >= 0.6 is 0 Å². The zero-order chi connectivity index (χ0) is 10.9. The van der Waals surface area contributed by atoms with Gasteiger partial charge in [-0.25, -0.2) is 0 Å². The van der Waals surface area contributed by atoms with E-state index in [2.05, 4.69) is 38.9 Å². The molecule has 2 heteroatoms. The Morgan fingerprint density at radius 2 is 2.07 bits per heavy atom. The fraction of sp³-hybridized carbons (Fsp3) is 0.833. The topological polar surface area (TPSA) is 32.3 Å². The Balaban J connectivity index is 2.51. The molecule has 2 nitrogen and oxygen atoms in total. The van der Waals surface area contributed by atoms with E-state index < -0.39 is 0 Å². The van der Waals surface area contributed by atoms with E-state index in [4.69, 9.17) is 6.42 Å². The molecule has 3 unspecified atom stereocenters. The van der Waals surface area contributed by atoms with Crippen LogP contribution in [0.2, 0.25) is 0 Å². The van der Waals surface area contributed by atoms with Gasteiger partial charge in [0.1, 0.15) is 0 Å². The lowest BCUT2D eigenvalue weighted by Crippen LogP contribution is -2.62. The average Bonchev–Trinajstić information content (AvgIpc) is 2.11. The first-order valence-electron chi connectivity index (χ1n) is 5.29. The van der Waals surface area contributed by atoms with Gasteiger partial charge in [0, 0.05) is 11.5 Å². The van der Waals surface area contributed by atoms with E-state index in [-0.39, 0.29) is 17.6 Å². The lowest BCUT2D eigenvalue weighted by Gasteiger charge is -2.50. The summed E-state index contributed by atoms with van der Waals surface area (Å²) in [6, 6.07) is 0.465. The maximum atomic E-state index is 9.58. The molecule has 14 heavy (non-hydrogen) atoms. The second-order valence-corrected chi connectivity index (χ2v) is 5.18. The van der Waals surface area contributed by atoms with Crippen LogP contribution in [0, 0.1) is 23.7 Å². The van der Waals surface area contributed by atoms with Crippen LogP contribution in [0.15, 0.2) is 0 Å². The molecule has 80 valence electrons. The normalized spacial score (nSPS) is 32.1. The van der Waals surface area contributed by atoms with Gasteiger partial charge in [0.25, 0.3) is 0 Å². The quantitative estimate of drug-likeness (QED) is 0.667. The molecule has 0 aromatic carbocycles. The molecule has 0 radical (unpaired) electrons. The minimum atomic E-state index is -0.189. The molecule has 3 atom stereocenters.